The minimum absolute atomic E-state index is 0. The molecule has 58 heavy (non-hydrogen) atoms. The van der Waals surface area contributed by atoms with Crippen LogP contribution in [0.15, 0.2) is 243 Å². The van der Waals surface area contributed by atoms with E-state index in [2.05, 4.69) is 243 Å². The van der Waals surface area contributed by atoms with Crippen LogP contribution >= 0.6 is 31.7 Å². The first-order valence-electron chi connectivity index (χ1n) is 19.7. The minimum Gasteiger partial charge on any atom is -1.00 e. The van der Waals surface area contributed by atoms with Crippen molar-refractivity contribution in [2.45, 2.75) is 0 Å². The Kier molecular flexibility index (Phi) is 19.8. The molecule has 0 spiro atoms. The van der Waals surface area contributed by atoms with Crippen molar-refractivity contribution >= 4 is 74.1 Å². The average Bonchev–Trinajstić information content (AvgIpc) is 3.29. The zero-order chi connectivity index (χ0) is 38.0. The molecule has 0 unspecified atom stereocenters. The van der Waals surface area contributed by atoms with E-state index in [1.54, 1.807) is 0 Å². The number of hydrogen-bond donors (Lipinski definition) is 0. The van der Waals surface area contributed by atoms with E-state index >= 15 is 0 Å². The zero-order valence-corrected chi connectivity index (χ0v) is 39.5. The van der Waals surface area contributed by atoms with Crippen LogP contribution in [0.1, 0.15) is 0 Å². The molecule has 0 amide bonds. The van der Waals surface area contributed by atoms with Crippen molar-refractivity contribution < 1.29 is 34.8 Å². The molecule has 6 heteroatoms. The first-order valence-corrected chi connectivity index (χ1v) is 26.5. The molecule has 0 nitrogen and oxygen atoms in total. The molecule has 0 heterocycles. The topological polar surface area (TPSA) is 0 Å². The van der Waals surface area contributed by atoms with Gasteiger partial charge in [-0.1, -0.05) is 146 Å². The largest absolute Gasteiger partial charge is 1.00 e. The molecule has 0 aliphatic rings. The van der Waals surface area contributed by atoms with Crippen LogP contribution in [0.5, 0.6) is 0 Å². The van der Waals surface area contributed by atoms with Crippen LogP contribution in [0.25, 0.3) is 0 Å². The summed E-state index contributed by atoms with van der Waals surface area (Å²) in [5, 5.41) is 12.1. The fourth-order valence-electron chi connectivity index (χ4n) is 7.44. The zero-order valence-electron chi connectivity index (χ0n) is 32.6. The Hall–Kier alpha value is -3.49. The number of benzene rings is 8. The molecule has 0 bridgehead atoms. The predicted molar refractivity (Wildman–Crippen MR) is 261 cm³/mol. The summed E-state index contributed by atoms with van der Waals surface area (Å²) < 4.78 is 0. The van der Waals surface area contributed by atoms with Gasteiger partial charge in [-0.05, 0) is 97.1 Å². The molecule has 0 fully saturated rings. The van der Waals surface area contributed by atoms with Gasteiger partial charge in [-0.3, -0.25) is 0 Å². The Morgan fingerprint density at radius 3 is 0.397 bits per heavy atom. The Morgan fingerprint density at radius 1 is 0.190 bits per heavy atom. The second kappa shape index (κ2) is 25.2. The van der Waals surface area contributed by atoms with Crippen molar-refractivity contribution in [2.24, 2.45) is 0 Å². The van der Waals surface area contributed by atoms with E-state index in [4.69, 9.17) is 0 Å². The number of hydrogen-bond acceptors (Lipinski definition) is 0. The fraction of sp³-hybridized carbons (Fsp3) is 0.0769. The standard InChI is InChI=1S/2C26H24P2.Au.ClH/c2*1-5-13-23(14-6-1)27(24-15-7-2-8-16-24)21-22-28(25-17-9-3-10-18-25)26-19-11-4-12-20-26;;/h2*1-20H,21-22H2;;1H/q;;+1;/p+3. The molecule has 0 aliphatic heterocycles. The van der Waals surface area contributed by atoms with Gasteiger partial charge in [0.2, 0.25) is 0 Å². The smallest absolute Gasteiger partial charge is 1.00 e. The second-order valence-corrected chi connectivity index (χ2v) is 24.3. The maximum Gasteiger partial charge on any atom is 1.00 e. The summed E-state index contributed by atoms with van der Waals surface area (Å²) in [6.07, 6.45) is 5.04. The van der Waals surface area contributed by atoms with Crippen molar-refractivity contribution in [3.63, 3.8) is 0 Å². The normalized spacial score (nSPS) is 10.7. The molecule has 0 saturated carbocycles. The summed E-state index contributed by atoms with van der Waals surface area (Å²) in [6.45, 7) is 0. The van der Waals surface area contributed by atoms with Gasteiger partial charge in [0.25, 0.3) is 0 Å². The summed E-state index contributed by atoms with van der Waals surface area (Å²) in [5.74, 6) is 0. The van der Waals surface area contributed by atoms with Crippen molar-refractivity contribution in [1.29, 1.82) is 0 Å². The van der Waals surface area contributed by atoms with Crippen LogP contribution in [0.2, 0.25) is 0 Å². The van der Waals surface area contributed by atoms with Gasteiger partial charge in [0.05, 0.1) is 74.1 Å². The minimum atomic E-state index is -0.783. The van der Waals surface area contributed by atoms with E-state index in [9.17, 15) is 0 Å². The van der Waals surface area contributed by atoms with Crippen LogP contribution in [0.4, 0.5) is 0 Å². The van der Waals surface area contributed by atoms with Crippen molar-refractivity contribution in [3.8, 4) is 0 Å². The Morgan fingerprint density at radius 2 is 0.293 bits per heavy atom. The number of rotatable bonds is 14. The van der Waals surface area contributed by atoms with E-state index in [1.807, 2.05) is 0 Å². The SMILES string of the molecule is [Au+].[Cl-].c1ccc([PH+](CC[PH+](c2ccccc2)c2ccccc2)c2ccccc2)cc1.c1ccc([PH+](CC[PH+](c2ccccc2)c2ccccc2)c2ccccc2)cc1. The summed E-state index contributed by atoms with van der Waals surface area (Å²) in [4.78, 5) is 0. The molecule has 0 saturated heterocycles. The molecular weight excluding hydrogens is 981 g/mol. The fourth-order valence-corrected chi connectivity index (χ4v) is 19.8. The van der Waals surface area contributed by atoms with Crippen molar-refractivity contribution in [3.05, 3.63) is 243 Å². The monoisotopic (exact) mass is 1030 g/mol. The van der Waals surface area contributed by atoms with Gasteiger partial charge < -0.3 is 12.4 Å². The third-order valence-electron chi connectivity index (χ3n) is 10.2. The van der Waals surface area contributed by atoms with Gasteiger partial charge in [-0.25, -0.2) is 0 Å². The molecule has 0 N–H and O–H groups in total. The van der Waals surface area contributed by atoms with Gasteiger partial charge in [-0.15, -0.1) is 0 Å². The molecule has 0 atom stereocenters. The van der Waals surface area contributed by atoms with Crippen LogP contribution in [0, 0.1) is 0 Å². The Bertz CT molecular complexity index is 1760. The van der Waals surface area contributed by atoms with E-state index in [-0.39, 0.29) is 34.8 Å². The summed E-state index contributed by atoms with van der Waals surface area (Å²) in [5.41, 5.74) is 0. The third kappa shape index (κ3) is 13.3. The van der Waals surface area contributed by atoms with E-state index in [1.165, 1.54) is 67.1 Å². The molecule has 0 radical (unpaired) electrons. The quantitative estimate of drug-likeness (QED) is 0.0871. The molecule has 0 aliphatic carbocycles. The third-order valence-corrected chi connectivity index (χ3v) is 22.5. The predicted octanol–water partition coefficient (Wildman–Crippen LogP) is 6.44. The van der Waals surface area contributed by atoms with Gasteiger partial charge in [0.1, 0.15) is 24.6 Å². The molecule has 8 aromatic carbocycles. The molecule has 0 aromatic heterocycles. The molecule has 8 aromatic rings. The number of halogens is 1. The summed E-state index contributed by atoms with van der Waals surface area (Å²) >= 11 is 0. The van der Waals surface area contributed by atoms with E-state index < -0.39 is 31.7 Å². The van der Waals surface area contributed by atoms with E-state index in [0.717, 1.165) is 0 Å². The Labute approximate surface area is 373 Å². The van der Waals surface area contributed by atoms with Gasteiger partial charge in [0.15, 0.2) is 0 Å². The van der Waals surface area contributed by atoms with Crippen LogP contribution in [-0.4, -0.2) is 24.6 Å². The average molecular weight is 1030 g/mol. The van der Waals surface area contributed by atoms with Crippen molar-refractivity contribution in [2.75, 3.05) is 24.6 Å². The van der Waals surface area contributed by atoms with Crippen molar-refractivity contribution in [1.82, 2.24) is 0 Å². The van der Waals surface area contributed by atoms with Gasteiger partial charge in [-0.2, -0.15) is 0 Å². The Balaban J connectivity index is 0.000000214. The molecular formula is C52H52AuClP4+4. The van der Waals surface area contributed by atoms with E-state index in [0.29, 0.717) is 0 Å². The molecule has 8 rings (SSSR count). The summed E-state index contributed by atoms with van der Waals surface area (Å²) in [6, 6.07) is 89.0. The first kappa shape index (κ1) is 45.6. The van der Waals surface area contributed by atoms with Crippen LogP contribution in [0.3, 0.4) is 0 Å². The first-order chi connectivity index (χ1) is 27.8. The maximum atomic E-state index is 2.32. The summed E-state index contributed by atoms with van der Waals surface area (Å²) in [7, 11) is -3.13. The van der Waals surface area contributed by atoms with Crippen LogP contribution in [-0.2, 0) is 22.4 Å². The maximum absolute atomic E-state index is 2.32. The van der Waals surface area contributed by atoms with Gasteiger partial charge in [0, 0.05) is 0 Å². The van der Waals surface area contributed by atoms with Gasteiger partial charge >= 0.3 is 22.4 Å². The van der Waals surface area contributed by atoms with Crippen LogP contribution < -0.4 is 54.8 Å². The second-order valence-electron chi connectivity index (χ2n) is 13.8. The molecule has 294 valence electrons.